The number of carbonyl (C=O) groups excluding carboxylic acids is 2. The summed E-state index contributed by atoms with van der Waals surface area (Å²) >= 11 is 0. The molecule has 33 heavy (non-hydrogen) atoms. The highest BCUT2D eigenvalue weighted by atomic mass is 16.5. The van der Waals surface area contributed by atoms with E-state index in [2.05, 4.69) is 9.97 Å². The maximum Gasteiger partial charge on any atom is 0.302 e. The molecule has 0 bridgehead atoms. The normalized spacial score (nSPS) is 17.6. The minimum atomic E-state index is -0.840. The lowest BCUT2D eigenvalue weighted by Gasteiger charge is -2.23. The van der Waals surface area contributed by atoms with Crippen LogP contribution in [0.15, 0.2) is 78.4 Å². The number of nitrogens with zero attached hydrogens (tertiary/aromatic N) is 2. The van der Waals surface area contributed by atoms with Gasteiger partial charge in [-0.15, -0.1) is 0 Å². The first-order valence-electron chi connectivity index (χ1n) is 10.5. The SMILES string of the molecule is COc1ccc(/C(O)=C2\C(=O)C(=O)N(c3nc4ccccc4[nH]3)C2c2ccccc2)c(C)c1. The minimum absolute atomic E-state index is 0.0138. The van der Waals surface area contributed by atoms with Crippen molar-refractivity contribution < 1.29 is 19.4 Å². The fourth-order valence-corrected chi connectivity index (χ4v) is 4.23. The Balaban J connectivity index is 1.73. The number of hydrogen-bond donors (Lipinski definition) is 2. The first-order chi connectivity index (χ1) is 16.0. The number of carbonyl (C=O) groups is 2. The molecule has 0 radical (unpaired) electrons. The molecule has 7 nitrogen and oxygen atoms in total. The number of aromatic nitrogens is 2. The third-order valence-electron chi connectivity index (χ3n) is 5.85. The Labute approximate surface area is 190 Å². The monoisotopic (exact) mass is 439 g/mol. The van der Waals surface area contributed by atoms with Crippen LogP contribution in [0.4, 0.5) is 5.95 Å². The number of imidazole rings is 1. The van der Waals surface area contributed by atoms with Gasteiger partial charge >= 0.3 is 5.91 Å². The Morgan fingerprint density at radius 2 is 1.76 bits per heavy atom. The van der Waals surface area contributed by atoms with E-state index in [4.69, 9.17) is 4.74 Å². The maximum atomic E-state index is 13.3. The van der Waals surface area contributed by atoms with E-state index in [9.17, 15) is 14.7 Å². The Morgan fingerprint density at radius 3 is 2.45 bits per heavy atom. The number of rotatable bonds is 4. The summed E-state index contributed by atoms with van der Waals surface area (Å²) in [6.45, 7) is 1.81. The third-order valence-corrected chi connectivity index (χ3v) is 5.85. The second-order valence-electron chi connectivity index (χ2n) is 7.84. The number of ketones is 1. The number of ether oxygens (including phenoxy) is 1. The summed E-state index contributed by atoms with van der Waals surface area (Å²) in [6, 6.07) is 20.8. The Bertz CT molecular complexity index is 1390. The molecule has 5 rings (SSSR count). The number of aliphatic hydroxyl groups is 1. The average Bonchev–Trinajstić information content (AvgIpc) is 3.37. The van der Waals surface area contributed by atoms with Crippen molar-refractivity contribution in [3.05, 3.63) is 95.1 Å². The molecular weight excluding hydrogens is 418 g/mol. The second kappa shape index (κ2) is 7.94. The van der Waals surface area contributed by atoms with Gasteiger partial charge in [-0.2, -0.15) is 0 Å². The molecule has 1 unspecified atom stereocenters. The van der Waals surface area contributed by atoms with Gasteiger partial charge in [0.2, 0.25) is 5.95 Å². The van der Waals surface area contributed by atoms with Gasteiger partial charge in [-0.25, -0.2) is 4.98 Å². The molecule has 1 aromatic heterocycles. The molecule has 3 aromatic carbocycles. The van der Waals surface area contributed by atoms with Gasteiger partial charge in [-0.3, -0.25) is 14.5 Å². The topological polar surface area (TPSA) is 95.5 Å². The van der Waals surface area contributed by atoms with Gasteiger partial charge in [0.15, 0.2) is 0 Å². The van der Waals surface area contributed by atoms with Crippen molar-refractivity contribution in [3.8, 4) is 5.75 Å². The zero-order chi connectivity index (χ0) is 23.1. The van der Waals surface area contributed by atoms with Crippen LogP contribution in [-0.4, -0.2) is 33.9 Å². The number of anilines is 1. The molecule has 0 aliphatic carbocycles. The van der Waals surface area contributed by atoms with Gasteiger partial charge in [0.25, 0.3) is 5.78 Å². The number of nitrogens with one attached hydrogen (secondary N) is 1. The van der Waals surface area contributed by atoms with E-state index in [1.807, 2.05) is 61.5 Å². The minimum Gasteiger partial charge on any atom is -0.507 e. The van der Waals surface area contributed by atoms with E-state index >= 15 is 0 Å². The van der Waals surface area contributed by atoms with Crippen molar-refractivity contribution in [3.63, 3.8) is 0 Å². The quantitative estimate of drug-likeness (QED) is 0.277. The number of H-pyrrole nitrogens is 1. The summed E-state index contributed by atoms with van der Waals surface area (Å²) in [5.74, 6) is -0.877. The van der Waals surface area contributed by atoms with Gasteiger partial charge in [0, 0.05) is 5.56 Å². The van der Waals surface area contributed by atoms with Crippen molar-refractivity contribution in [2.45, 2.75) is 13.0 Å². The Hall–Kier alpha value is -4.39. The molecular formula is C26H21N3O4. The zero-order valence-corrected chi connectivity index (χ0v) is 18.1. The molecule has 7 heteroatoms. The average molecular weight is 439 g/mol. The summed E-state index contributed by atoms with van der Waals surface area (Å²) < 4.78 is 5.25. The summed E-state index contributed by atoms with van der Waals surface area (Å²) in [5.41, 5.74) is 3.29. The molecule has 1 amide bonds. The van der Waals surface area contributed by atoms with Crippen molar-refractivity contribution >= 4 is 34.4 Å². The summed E-state index contributed by atoms with van der Waals surface area (Å²) in [5, 5.41) is 11.3. The number of methoxy groups -OCH3 is 1. The largest absolute Gasteiger partial charge is 0.507 e. The van der Waals surface area contributed by atoms with Crippen LogP contribution in [0.1, 0.15) is 22.7 Å². The lowest BCUT2D eigenvalue weighted by Crippen LogP contribution is -2.30. The number of aliphatic hydroxyl groups excluding tert-OH is 1. The van der Waals surface area contributed by atoms with E-state index in [0.717, 1.165) is 5.52 Å². The number of hydrogen-bond acceptors (Lipinski definition) is 5. The first kappa shape index (κ1) is 20.5. The molecule has 2 heterocycles. The Kier molecular flexibility index (Phi) is 4.94. The lowest BCUT2D eigenvalue weighted by molar-refractivity contribution is -0.132. The van der Waals surface area contributed by atoms with E-state index < -0.39 is 17.7 Å². The van der Waals surface area contributed by atoms with Crippen molar-refractivity contribution in [2.24, 2.45) is 0 Å². The third kappa shape index (κ3) is 3.34. The van der Waals surface area contributed by atoms with Crippen molar-refractivity contribution in [2.75, 3.05) is 12.0 Å². The number of Topliss-reactive ketones (excluding diaryl/α,β-unsaturated/α-hetero) is 1. The fraction of sp³-hybridized carbons (Fsp3) is 0.115. The van der Waals surface area contributed by atoms with E-state index in [1.165, 1.54) is 4.90 Å². The zero-order valence-electron chi connectivity index (χ0n) is 18.1. The number of fused-ring (bicyclic) bond motifs is 1. The summed E-state index contributed by atoms with van der Waals surface area (Å²) in [7, 11) is 1.56. The first-order valence-corrected chi connectivity index (χ1v) is 10.5. The van der Waals surface area contributed by atoms with Crippen LogP contribution in [0.25, 0.3) is 16.8 Å². The van der Waals surface area contributed by atoms with Gasteiger partial charge in [0.05, 0.1) is 29.8 Å². The van der Waals surface area contributed by atoms with E-state index in [1.54, 1.807) is 25.3 Å². The van der Waals surface area contributed by atoms with Crippen LogP contribution in [0, 0.1) is 6.92 Å². The fourth-order valence-electron chi connectivity index (χ4n) is 4.23. The van der Waals surface area contributed by atoms with Gasteiger partial charge < -0.3 is 14.8 Å². The van der Waals surface area contributed by atoms with Gasteiger partial charge in [0.1, 0.15) is 11.5 Å². The predicted molar refractivity (Wildman–Crippen MR) is 125 cm³/mol. The molecule has 2 N–H and O–H groups in total. The lowest BCUT2D eigenvalue weighted by atomic mass is 9.94. The number of para-hydroxylation sites is 2. The smallest absolute Gasteiger partial charge is 0.302 e. The molecule has 1 saturated heterocycles. The Morgan fingerprint density at radius 1 is 1.03 bits per heavy atom. The highest BCUT2D eigenvalue weighted by molar-refractivity contribution is 6.51. The number of amides is 1. The molecule has 1 atom stereocenters. The maximum absolute atomic E-state index is 13.3. The van der Waals surface area contributed by atoms with Crippen LogP contribution in [0.5, 0.6) is 5.75 Å². The van der Waals surface area contributed by atoms with E-state index in [0.29, 0.717) is 28.0 Å². The number of benzene rings is 3. The van der Waals surface area contributed by atoms with Crippen LogP contribution in [0.3, 0.4) is 0 Å². The highest BCUT2D eigenvalue weighted by Crippen LogP contribution is 2.42. The number of aromatic amines is 1. The van der Waals surface area contributed by atoms with Crippen LogP contribution in [-0.2, 0) is 9.59 Å². The molecule has 1 fully saturated rings. The van der Waals surface area contributed by atoms with Crippen LogP contribution < -0.4 is 9.64 Å². The molecule has 0 saturated carbocycles. The van der Waals surface area contributed by atoms with Crippen LogP contribution in [0.2, 0.25) is 0 Å². The summed E-state index contributed by atoms with van der Waals surface area (Å²) in [6.07, 6.45) is 0. The van der Waals surface area contributed by atoms with E-state index in [-0.39, 0.29) is 17.3 Å². The molecule has 1 aliphatic rings. The molecule has 1 aliphatic heterocycles. The summed E-state index contributed by atoms with van der Waals surface area (Å²) in [4.78, 5) is 35.5. The van der Waals surface area contributed by atoms with Gasteiger partial charge in [-0.1, -0.05) is 42.5 Å². The standard InChI is InChI=1S/C26H21N3O4/c1-15-14-17(33-2)12-13-18(15)23(30)21-22(16-8-4-3-5-9-16)29(25(32)24(21)31)26-27-19-10-6-7-11-20(19)28-26/h3-14,22,30H,1-2H3,(H,27,28)/b23-21+. The van der Waals surface area contributed by atoms with Crippen molar-refractivity contribution in [1.82, 2.24) is 9.97 Å². The van der Waals surface area contributed by atoms with Crippen LogP contribution >= 0.6 is 0 Å². The second-order valence-corrected chi connectivity index (χ2v) is 7.84. The molecule has 164 valence electrons. The highest BCUT2D eigenvalue weighted by Gasteiger charge is 2.48. The van der Waals surface area contributed by atoms with Crippen molar-refractivity contribution in [1.29, 1.82) is 0 Å². The van der Waals surface area contributed by atoms with Gasteiger partial charge in [-0.05, 0) is 48.4 Å². The number of aryl methyl sites for hydroxylation is 1. The molecule has 4 aromatic rings. The predicted octanol–water partition coefficient (Wildman–Crippen LogP) is 4.51. The molecule has 0 spiro atoms.